The summed E-state index contributed by atoms with van der Waals surface area (Å²) in [5.41, 5.74) is 0.473. The zero-order valence-corrected chi connectivity index (χ0v) is 12.5. The van der Waals surface area contributed by atoms with Crippen LogP contribution in [0, 0.1) is 5.92 Å². The molecular formula is C14H16ClNO3S. The van der Waals surface area contributed by atoms with Crippen molar-refractivity contribution in [1.82, 2.24) is 0 Å². The van der Waals surface area contributed by atoms with Gasteiger partial charge in [0.25, 0.3) is 0 Å². The van der Waals surface area contributed by atoms with Gasteiger partial charge in [-0.1, -0.05) is 11.6 Å². The third-order valence-corrected chi connectivity index (χ3v) is 4.67. The number of carbonyl (C=O) groups is 2. The Kier molecular flexibility index (Phi) is 5.31. The molecule has 4 nitrogen and oxygen atoms in total. The molecule has 0 unspecified atom stereocenters. The SMILES string of the molecule is O=C(CC1CCSCC1)Nc1ccc(Cl)c(C(=O)O)c1. The molecule has 0 spiro atoms. The molecular weight excluding hydrogens is 298 g/mol. The smallest absolute Gasteiger partial charge is 0.337 e. The molecule has 1 amide bonds. The van der Waals surface area contributed by atoms with Crippen LogP contribution < -0.4 is 5.32 Å². The van der Waals surface area contributed by atoms with E-state index in [0.717, 1.165) is 24.3 Å². The molecule has 108 valence electrons. The van der Waals surface area contributed by atoms with Gasteiger partial charge in [0, 0.05) is 12.1 Å². The minimum absolute atomic E-state index is 0.00136. The molecule has 0 saturated carbocycles. The van der Waals surface area contributed by atoms with Crippen LogP contribution in [0.2, 0.25) is 5.02 Å². The normalized spacial score (nSPS) is 15.8. The molecule has 2 rings (SSSR count). The highest BCUT2D eigenvalue weighted by Gasteiger charge is 2.18. The number of hydrogen-bond acceptors (Lipinski definition) is 3. The molecule has 1 aliphatic heterocycles. The molecule has 1 saturated heterocycles. The van der Waals surface area contributed by atoms with Crippen LogP contribution in [-0.4, -0.2) is 28.5 Å². The van der Waals surface area contributed by atoms with Crippen LogP contribution in [0.5, 0.6) is 0 Å². The molecule has 20 heavy (non-hydrogen) atoms. The number of benzene rings is 1. The molecule has 0 aromatic heterocycles. The van der Waals surface area contributed by atoms with Crippen LogP contribution in [0.15, 0.2) is 18.2 Å². The van der Waals surface area contributed by atoms with Crippen molar-refractivity contribution in [3.05, 3.63) is 28.8 Å². The number of aromatic carboxylic acids is 1. The standard InChI is InChI=1S/C14H16ClNO3S/c15-12-2-1-10(8-11(12)14(18)19)16-13(17)7-9-3-5-20-6-4-9/h1-2,8-9H,3-7H2,(H,16,17)(H,18,19). The first kappa shape index (κ1) is 15.2. The Balaban J connectivity index is 1.96. The topological polar surface area (TPSA) is 66.4 Å². The summed E-state index contributed by atoms with van der Waals surface area (Å²) in [6.07, 6.45) is 2.63. The Morgan fingerprint density at radius 3 is 2.70 bits per heavy atom. The largest absolute Gasteiger partial charge is 0.478 e. The van der Waals surface area contributed by atoms with Gasteiger partial charge in [-0.3, -0.25) is 4.79 Å². The van der Waals surface area contributed by atoms with E-state index in [1.54, 1.807) is 6.07 Å². The van der Waals surface area contributed by atoms with Crippen molar-refractivity contribution in [3.8, 4) is 0 Å². The Morgan fingerprint density at radius 2 is 2.05 bits per heavy atom. The number of thioether (sulfide) groups is 1. The first-order valence-electron chi connectivity index (χ1n) is 6.46. The molecule has 2 N–H and O–H groups in total. The lowest BCUT2D eigenvalue weighted by Crippen LogP contribution is -2.19. The van der Waals surface area contributed by atoms with E-state index in [1.807, 2.05) is 11.8 Å². The molecule has 0 bridgehead atoms. The number of halogens is 1. The minimum Gasteiger partial charge on any atom is -0.478 e. The second-order valence-electron chi connectivity index (χ2n) is 4.81. The Labute approximate surface area is 126 Å². The summed E-state index contributed by atoms with van der Waals surface area (Å²) in [5.74, 6) is 1.49. The molecule has 6 heteroatoms. The van der Waals surface area contributed by atoms with Gasteiger partial charge >= 0.3 is 5.97 Å². The molecule has 1 heterocycles. The van der Waals surface area contributed by atoms with Crippen molar-refractivity contribution in [1.29, 1.82) is 0 Å². The second-order valence-corrected chi connectivity index (χ2v) is 6.44. The van der Waals surface area contributed by atoms with Gasteiger partial charge in [0.15, 0.2) is 0 Å². The van der Waals surface area contributed by atoms with Gasteiger partial charge in [-0.05, 0) is 48.5 Å². The maximum absolute atomic E-state index is 11.9. The lowest BCUT2D eigenvalue weighted by Gasteiger charge is -2.20. The highest BCUT2D eigenvalue weighted by atomic mass is 35.5. The highest BCUT2D eigenvalue weighted by molar-refractivity contribution is 7.99. The van der Waals surface area contributed by atoms with E-state index < -0.39 is 5.97 Å². The fourth-order valence-electron chi connectivity index (χ4n) is 2.19. The number of hydrogen-bond donors (Lipinski definition) is 2. The Morgan fingerprint density at radius 1 is 1.35 bits per heavy atom. The van der Waals surface area contributed by atoms with Crippen LogP contribution in [-0.2, 0) is 4.79 Å². The Hall–Kier alpha value is -1.20. The van der Waals surface area contributed by atoms with E-state index in [4.69, 9.17) is 16.7 Å². The molecule has 0 atom stereocenters. The summed E-state index contributed by atoms with van der Waals surface area (Å²) < 4.78 is 0. The second kappa shape index (κ2) is 6.99. The average Bonchev–Trinajstić information content (AvgIpc) is 2.41. The van der Waals surface area contributed by atoms with Crippen molar-refractivity contribution in [2.24, 2.45) is 5.92 Å². The molecule has 0 aliphatic carbocycles. The van der Waals surface area contributed by atoms with Crippen LogP contribution in [0.3, 0.4) is 0 Å². The third kappa shape index (κ3) is 4.15. The monoisotopic (exact) mass is 313 g/mol. The number of carboxylic acids is 1. The first-order valence-corrected chi connectivity index (χ1v) is 8.00. The van der Waals surface area contributed by atoms with Gasteiger partial charge in [-0.15, -0.1) is 0 Å². The van der Waals surface area contributed by atoms with E-state index in [2.05, 4.69) is 5.32 Å². The lowest BCUT2D eigenvalue weighted by atomic mass is 9.98. The van der Waals surface area contributed by atoms with Crippen LogP contribution in [0.4, 0.5) is 5.69 Å². The fourth-order valence-corrected chi connectivity index (χ4v) is 3.59. The summed E-state index contributed by atoms with van der Waals surface area (Å²) in [4.78, 5) is 22.9. The predicted molar refractivity (Wildman–Crippen MR) is 81.7 cm³/mol. The van der Waals surface area contributed by atoms with E-state index in [0.29, 0.717) is 18.0 Å². The third-order valence-electron chi connectivity index (χ3n) is 3.30. The van der Waals surface area contributed by atoms with Gasteiger partial charge in [0.2, 0.25) is 5.91 Å². The fraction of sp³-hybridized carbons (Fsp3) is 0.429. The Bertz CT molecular complexity index is 515. The number of carbonyl (C=O) groups excluding carboxylic acids is 1. The van der Waals surface area contributed by atoms with Gasteiger partial charge < -0.3 is 10.4 Å². The minimum atomic E-state index is -1.10. The first-order chi connectivity index (χ1) is 9.56. The predicted octanol–water partition coefficient (Wildman–Crippen LogP) is 3.51. The molecule has 1 aromatic carbocycles. The number of amides is 1. The van der Waals surface area contributed by atoms with E-state index >= 15 is 0 Å². The van der Waals surface area contributed by atoms with Crippen molar-refractivity contribution in [2.45, 2.75) is 19.3 Å². The zero-order valence-electron chi connectivity index (χ0n) is 10.9. The summed E-state index contributed by atoms with van der Waals surface area (Å²) in [6.45, 7) is 0. The molecule has 0 radical (unpaired) electrons. The van der Waals surface area contributed by atoms with Crippen LogP contribution >= 0.6 is 23.4 Å². The van der Waals surface area contributed by atoms with Crippen molar-refractivity contribution in [3.63, 3.8) is 0 Å². The van der Waals surface area contributed by atoms with E-state index in [-0.39, 0.29) is 16.5 Å². The summed E-state index contributed by atoms with van der Waals surface area (Å²) >= 11 is 7.71. The zero-order chi connectivity index (χ0) is 14.5. The van der Waals surface area contributed by atoms with Crippen LogP contribution in [0.1, 0.15) is 29.6 Å². The summed E-state index contributed by atoms with van der Waals surface area (Å²) in [6, 6.07) is 4.49. The lowest BCUT2D eigenvalue weighted by molar-refractivity contribution is -0.117. The van der Waals surface area contributed by atoms with Gasteiger partial charge in [0.05, 0.1) is 10.6 Å². The quantitative estimate of drug-likeness (QED) is 0.892. The van der Waals surface area contributed by atoms with Crippen molar-refractivity contribution < 1.29 is 14.7 Å². The number of carboxylic acid groups (broad SMARTS) is 1. The summed E-state index contributed by atoms with van der Waals surface area (Å²) in [7, 11) is 0. The van der Waals surface area contributed by atoms with E-state index in [1.165, 1.54) is 12.1 Å². The maximum Gasteiger partial charge on any atom is 0.337 e. The van der Waals surface area contributed by atoms with Gasteiger partial charge in [-0.25, -0.2) is 4.79 Å². The highest BCUT2D eigenvalue weighted by Crippen LogP contribution is 2.26. The molecule has 1 aliphatic rings. The average molecular weight is 314 g/mol. The number of rotatable bonds is 4. The molecule has 1 aromatic rings. The maximum atomic E-state index is 11.9. The number of nitrogens with one attached hydrogen (secondary N) is 1. The van der Waals surface area contributed by atoms with Gasteiger partial charge in [-0.2, -0.15) is 11.8 Å². The number of anilines is 1. The van der Waals surface area contributed by atoms with Crippen LogP contribution in [0.25, 0.3) is 0 Å². The van der Waals surface area contributed by atoms with Crippen molar-refractivity contribution in [2.75, 3.05) is 16.8 Å². The summed E-state index contributed by atoms with van der Waals surface area (Å²) in [5, 5.41) is 11.9. The van der Waals surface area contributed by atoms with Crippen molar-refractivity contribution >= 4 is 40.9 Å². The van der Waals surface area contributed by atoms with E-state index in [9.17, 15) is 9.59 Å². The molecule has 1 fully saturated rings. The van der Waals surface area contributed by atoms with Gasteiger partial charge in [0.1, 0.15) is 0 Å².